The van der Waals surface area contributed by atoms with Gasteiger partial charge in [0.15, 0.2) is 11.5 Å². The third-order valence-corrected chi connectivity index (χ3v) is 3.47. The first-order valence-electron chi connectivity index (χ1n) is 6.75. The van der Waals surface area contributed by atoms with E-state index >= 15 is 0 Å². The molecule has 1 N–H and O–H groups in total. The van der Waals surface area contributed by atoms with Gasteiger partial charge in [0, 0.05) is 18.7 Å². The minimum atomic E-state index is 0.0244. The summed E-state index contributed by atoms with van der Waals surface area (Å²) in [5.74, 6) is 1.99. The fourth-order valence-electron chi connectivity index (χ4n) is 2.35. The van der Waals surface area contributed by atoms with Gasteiger partial charge < -0.3 is 19.5 Å². The third kappa shape index (κ3) is 3.01. The fraction of sp³-hybridized carbons (Fsp3) is 0.600. The summed E-state index contributed by atoms with van der Waals surface area (Å²) >= 11 is 0. The molecular formula is C15H23NO3. The quantitative estimate of drug-likeness (QED) is 0.908. The van der Waals surface area contributed by atoms with Crippen LogP contribution in [0.15, 0.2) is 12.1 Å². The van der Waals surface area contributed by atoms with Crippen LogP contribution in [-0.4, -0.2) is 33.9 Å². The highest BCUT2D eigenvalue weighted by atomic mass is 16.5. The molecule has 0 aromatic heterocycles. The molecule has 0 amide bonds. The summed E-state index contributed by atoms with van der Waals surface area (Å²) in [6, 6.07) is 4.22. The Balaban J connectivity index is 2.45. The Bertz CT molecular complexity index is 426. The first kappa shape index (κ1) is 14.2. The summed E-state index contributed by atoms with van der Waals surface area (Å²) in [6.45, 7) is 6.78. The zero-order valence-electron chi connectivity index (χ0n) is 12.2. The van der Waals surface area contributed by atoms with E-state index < -0.39 is 0 Å². The summed E-state index contributed by atoms with van der Waals surface area (Å²) in [5.41, 5.74) is 2.31. The van der Waals surface area contributed by atoms with Crippen molar-refractivity contribution in [2.45, 2.75) is 25.9 Å². The van der Waals surface area contributed by atoms with Crippen LogP contribution >= 0.6 is 0 Å². The molecule has 1 aromatic carbocycles. The van der Waals surface area contributed by atoms with E-state index in [1.807, 2.05) is 6.07 Å². The lowest BCUT2D eigenvalue weighted by Gasteiger charge is -2.27. The lowest BCUT2D eigenvalue weighted by atomic mass is 9.96. The molecule has 4 heteroatoms. The molecule has 4 nitrogen and oxygen atoms in total. The van der Waals surface area contributed by atoms with Gasteiger partial charge in [0.1, 0.15) is 0 Å². The van der Waals surface area contributed by atoms with Crippen molar-refractivity contribution >= 4 is 0 Å². The average molecular weight is 265 g/mol. The van der Waals surface area contributed by atoms with Gasteiger partial charge in [-0.3, -0.25) is 0 Å². The Morgan fingerprint density at radius 3 is 2.58 bits per heavy atom. The molecule has 0 radical (unpaired) electrons. The summed E-state index contributed by atoms with van der Waals surface area (Å²) in [4.78, 5) is 0. The Morgan fingerprint density at radius 2 is 2.05 bits per heavy atom. The molecule has 106 valence electrons. The highest BCUT2D eigenvalue weighted by Crippen LogP contribution is 2.39. The van der Waals surface area contributed by atoms with Crippen molar-refractivity contribution in [1.29, 1.82) is 0 Å². The van der Waals surface area contributed by atoms with Crippen LogP contribution in [0.2, 0.25) is 0 Å². The van der Waals surface area contributed by atoms with E-state index in [1.165, 1.54) is 5.56 Å². The van der Waals surface area contributed by atoms with E-state index in [9.17, 15) is 0 Å². The second-order valence-corrected chi connectivity index (χ2v) is 5.06. The normalized spacial score (nSPS) is 19.5. The van der Waals surface area contributed by atoms with Gasteiger partial charge in [-0.2, -0.15) is 0 Å². The number of ether oxygens (including phenoxy) is 3. The van der Waals surface area contributed by atoms with Crippen molar-refractivity contribution in [2.75, 3.05) is 33.9 Å². The molecule has 1 unspecified atom stereocenters. The standard InChI is InChI=1S/C15H23NO3/c1-10(2)11-7-12(14-9-16-5-6-19-14)15(18-4)13(8-11)17-3/h7-8,10,14,16H,5-6,9H2,1-4H3. The van der Waals surface area contributed by atoms with Crippen LogP contribution in [0.25, 0.3) is 0 Å². The van der Waals surface area contributed by atoms with Crippen molar-refractivity contribution in [1.82, 2.24) is 5.32 Å². The van der Waals surface area contributed by atoms with Crippen LogP contribution in [0.3, 0.4) is 0 Å². The molecule has 1 aliphatic heterocycles. The van der Waals surface area contributed by atoms with Gasteiger partial charge in [-0.1, -0.05) is 13.8 Å². The zero-order chi connectivity index (χ0) is 13.8. The van der Waals surface area contributed by atoms with E-state index in [0.717, 1.165) is 36.8 Å². The number of morpholine rings is 1. The van der Waals surface area contributed by atoms with E-state index in [-0.39, 0.29) is 6.10 Å². The summed E-state index contributed by atoms with van der Waals surface area (Å²) in [5, 5.41) is 3.35. The molecule has 1 heterocycles. The highest BCUT2D eigenvalue weighted by Gasteiger charge is 2.23. The van der Waals surface area contributed by atoms with Crippen molar-refractivity contribution in [3.05, 3.63) is 23.3 Å². The summed E-state index contributed by atoms with van der Waals surface area (Å²) in [6.07, 6.45) is 0.0244. The molecule has 2 rings (SSSR count). The molecule has 0 saturated carbocycles. The van der Waals surface area contributed by atoms with Gasteiger partial charge in [-0.05, 0) is 23.6 Å². The molecule has 19 heavy (non-hydrogen) atoms. The van der Waals surface area contributed by atoms with Crippen LogP contribution in [0.5, 0.6) is 11.5 Å². The summed E-state index contributed by atoms with van der Waals surface area (Å²) < 4.78 is 16.8. The predicted octanol–water partition coefficient (Wildman–Crippen LogP) is 2.49. The number of methoxy groups -OCH3 is 2. The predicted molar refractivity (Wildman–Crippen MR) is 75.2 cm³/mol. The third-order valence-electron chi connectivity index (χ3n) is 3.47. The van der Waals surface area contributed by atoms with Crippen LogP contribution < -0.4 is 14.8 Å². The van der Waals surface area contributed by atoms with Gasteiger partial charge in [-0.25, -0.2) is 0 Å². The second kappa shape index (κ2) is 6.26. The molecule has 1 saturated heterocycles. The Labute approximate surface area is 115 Å². The van der Waals surface area contributed by atoms with E-state index in [0.29, 0.717) is 5.92 Å². The minimum absolute atomic E-state index is 0.0244. The van der Waals surface area contributed by atoms with Gasteiger partial charge >= 0.3 is 0 Å². The van der Waals surface area contributed by atoms with Gasteiger partial charge in [0.05, 0.1) is 26.9 Å². The monoisotopic (exact) mass is 265 g/mol. The van der Waals surface area contributed by atoms with Crippen molar-refractivity contribution in [2.24, 2.45) is 0 Å². The number of hydrogen-bond donors (Lipinski definition) is 1. The number of rotatable bonds is 4. The lowest BCUT2D eigenvalue weighted by Crippen LogP contribution is -2.33. The molecular weight excluding hydrogens is 242 g/mol. The zero-order valence-corrected chi connectivity index (χ0v) is 12.2. The average Bonchev–Trinajstić information content (AvgIpc) is 2.46. The van der Waals surface area contributed by atoms with Crippen LogP contribution in [-0.2, 0) is 4.74 Å². The Morgan fingerprint density at radius 1 is 1.26 bits per heavy atom. The number of hydrogen-bond acceptors (Lipinski definition) is 4. The minimum Gasteiger partial charge on any atom is -0.493 e. The first-order valence-corrected chi connectivity index (χ1v) is 6.75. The second-order valence-electron chi connectivity index (χ2n) is 5.06. The van der Waals surface area contributed by atoms with Gasteiger partial charge in [0.25, 0.3) is 0 Å². The van der Waals surface area contributed by atoms with E-state index in [2.05, 4.69) is 25.2 Å². The largest absolute Gasteiger partial charge is 0.493 e. The Hall–Kier alpha value is -1.26. The van der Waals surface area contributed by atoms with Crippen molar-refractivity contribution in [3.8, 4) is 11.5 Å². The summed E-state index contributed by atoms with van der Waals surface area (Å²) in [7, 11) is 3.35. The van der Waals surface area contributed by atoms with Crippen LogP contribution in [0.4, 0.5) is 0 Å². The molecule has 1 fully saturated rings. The number of nitrogens with one attached hydrogen (secondary N) is 1. The molecule has 1 aliphatic rings. The first-order chi connectivity index (χ1) is 9.17. The molecule has 1 atom stereocenters. The van der Waals surface area contributed by atoms with Crippen molar-refractivity contribution in [3.63, 3.8) is 0 Å². The maximum atomic E-state index is 5.84. The highest BCUT2D eigenvalue weighted by molar-refractivity contribution is 5.51. The SMILES string of the molecule is COc1cc(C(C)C)cc(C2CNCCO2)c1OC. The Kier molecular flexibility index (Phi) is 4.66. The van der Waals surface area contributed by atoms with Crippen LogP contribution in [0.1, 0.15) is 37.0 Å². The van der Waals surface area contributed by atoms with Crippen LogP contribution in [0, 0.1) is 0 Å². The van der Waals surface area contributed by atoms with E-state index in [4.69, 9.17) is 14.2 Å². The van der Waals surface area contributed by atoms with Gasteiger partial charge in [0.2, 0.25) is 0 Å². The van der Waals surface area contributed by atoms with Crippen molar-refractivity contribution < 1.29 is 14.2 Å². The fourth-order valence-corrected chi connectivity index (χ4v) is 2.35. The maximum Gasteiger partial charge on any atom is 0.166 e. The molecule has 0 bridgehead atoms. The molecule has 1 aromatic rings. The smallest absolute Gasteiger partial charge is 0.166 e. The number of benzene rings is 1. The lowest BCUT2D eigenvalue weighted by molar-refractivity contribution is 0.0260. The van der Waals surface area contributed by atoms with Gasteiger partial charge in [-0.15, -0.1) is 0 Å². The molecule has 0 aliphatic carbocycles. The topological polar surface area (TPSA) is 39.7 Å². The maximum absolute atomic E-state index is 5.84. The van der Waals surface area contributed by atoms with E-state index in [1.54, 1.807) is 14.2 Å². The molecule has 0 spiro atoms.